The predicted octanol–water partition coefficient (Wildman–Crippen LogP) is 5.52. The topological polar surface area (TPSA) is 36.9 Å². The molecule has 0 aliphatic carbocycles. The van der Waals surface area contributed by atoms with Gasteiger partial charge in [-0.3, -0.25) is 0 Å². The van der Waals surface area contributed by atoms with Gasteiger partial charge < -0.3 is 18.9 Å². The van der Waals surface area contributed by atoms with Crippen molar-refractivity contribution in [3.05, 3.63) is 84.4 Å². The summed E-state index contributed by atoms with van der Waals surface area (Å²) in [5, 5.41) is 0. The molecular weight excluding hydrogens is 376 g/mol. The van der Waals surface area contributed by atoms with Crippen molar-refractivity contribution >= 4 is 0 Å². The van der Waals surface area contributed by atoms with Gasteiger partial charge >= 0.3 is 0 Å². The second kappa shape index (κ2) is 13.3. The van der Waals surface area contributed by atoms with Crippen LogP contribution in [0.1, 0.15) is 36.8 Å². The van der Waals surface area contributed by atoms with Crippen LogP contribution in [0, 0.1) is 5.92 Å². The van der Waals surface area contributed by atoms with Crippen LogP contribution in [0.5, 0.6) is 0 Å². The number of allylic oxidation sites excluding steroid dienone is 1. The van der Waals surface area contributed by atoms with E-state index in [9.17, 15) is 0 Å². The van der Waals surface area contributed by atoms with Crippen molar-refractivity contribution in [2.75, 3.05) is 19.8 Å². The summed E-state index contributed by atoms with van der Waals surface area (Å²) in [5.41, 5.74) is 2.33. The third-order valence-electron chi connectivity index (χ3n) is 5.30. The van der Waals surface area contributed by atoms with Crippen molar-refractivity contribution < 1.29 is 18.9 Å². The van der Waals surface area contributed by atoms with Crippen molar-refractivity contribution in [3.8, 4) is 0 Å². The summed E-state index contributed by atoms with van der Waals surface area (Å²) in [7, 11) is 0. The third-order valence-corrected chi connectivity index (χ3v) is 5.30. The summed E-state index contributed by atoms with van der Waals surface area (Å²) in [6.45, 7) is 6.95. The Morgan fingerprint density at radius 1 is 0.900 bits per heavy atom. The van der Waals surface area contributed by atoms with Crippen LogP contribution in [0.2, 0.25) is 0 Å². The summed E-state index contributed by atoms with van der Waals surface area (Å²) in [6.07, 6.45) is 5.65. The fourth-order valence-electron chi connectivity index (χ4n) is 3.61. The zero-order valence-corrected chi connectivity index (χ0v) is 17.8. The summed E-state index contributed by atoms with van der Waals surface area (Å²) in [4.78, 5) is 0. The van der Waals surface area contributed by atoms with E-state index in [-0.39, 0.29) is 18.3 Å². The van der Waals surface area contributed by atoms with Crippen molar-refractivity contribution in [1.82, 2.24) is 0 Å². The number of hydrogen-bond donors (Lipinski definition) is 0. The molecule has 4 heteroatoms. The van der Waals surface area contributed by atoms with Crippen LogP contribution in [-0.2, 0) is 32.2 Å². The van der Waals surface area contributed by atoms with Crippen LogP contribution >= 0.6 is 0 Å². The molecule has 30 heavy (non-hydrogen) atoms. The SMILES string of the molecule is C=CC[C@@H](COCc1ccccc1)[C@@H](COCc1ccccc1)OC1CCCCO1. The molecule has 0 radical (unpaired) electrons. The first-order chi connectivity index (χ1) is 14.8. The van der Waals surface area contributed by atoms with Crippen LogP contribution in [0.25, 0.3) is 0 Å². The predicted molar refractivity (Wildman–Crippen MR) is 119 cm³/mol. The number of hydrogen-bond acceptors (Lipinski definition) is 4. The van der Waals surface area contributed by atoms with E-state index in [2.05, 4.69) is 30.8 Å². The molecule has 162 valence electrons. The molecule has 1 aliphatic rings. The third kappa shape index (κ3) is 8.04. The molecule has 2 aromatic rings. The van der Waals surface area contributed by atoms with Crippen molar-refractivity contribution in [2.45, 2.75) is 51.3 Å². The fourth-order valence-corrected chi connectivity index (χ4v) is 3.61. The molecule has 2 aromatic carbocycles. The average Bonchev–Trinajstić information content (AvgIpc) is 2.80. The van der Waals surface area contributed by atoms with E-state index in [4.69, 9.17) is 18.9 Å². The van der Waals surface area contributed by atoms with Crippen molar-refractivity contribution in [3.63, 3.8) is 0 Å². The van der Waals surface area contributed by atoms with Crippen LogP contribution in [-0.4, -0.2) is 32.2 Å². The Morgan fingerprint density at radius 2 is 1.53 bits per heavy atom. The molecule has 0 aromatic heterocycles. The lowest BCUT2D eigenvalue weighted by Gasteiger charge is -2.32. The number of rotatable bonds is 13. The highest BCUT2D eigenvalue weighted by molar-refractivity contribution is 5.14. The molecule has 1 fully saturated rings. The van der Waals surface area contributed by atoms with Gasteiger partial charge in [0.15, 0.2) is 6.29 Å². The van der Waals surface area contributed by atoms with Crippen LogP contribution in [0.15, 0.2) is 73.3 Å². The van der Waals surface area contributed by atoms with E-state index in [1.165, 1.54) is 5.56 Å². The lowest BCUT2D eigenvalue weighted by molar-refractivity contribution is -0.213. The Hall–Kier alpha value is -1.98. The first-order valence-corrected chi connectivity index (χ1v) is 11.0. The second-order valence-electron chi connectivity index (χ2n) is 7.76. The van der Waals surface area contributed by atoms with Gasteiger partial charge in [-0.1, -0.05) is 66.7 Å². The maximum absolute atomic E-state index is 6.37. The zero-order valence-electron chi connectivity index (χ0n) is 17.8. The standard InChI is InChI=1S/C26H34O4/c1-2-11-24(20-27-18-22-12-5-3-6-13-22)25(30-26-16-9-10-17-29-26)21-28-19-23-14-7-4-8-15-23/h2-8,12-15,24-26H,1,9-11,16-21H2/t24-,25+,26?/m0/s1. The summed E-state index contributed by atoms with van der Waals surface area (Å²) < 4.78 is 24.3. The molecule has 1 heterocycles. The summed E-state index contributed by atoms with van der Waals surface area (Å²) >= 11 is 0. The van der Waals surface area contributed by atoms with E-state index in [0.29, 0.717) is 26.4 Å². The summed E-state index contributed by atoms with van der Waals surface area (Å²) in [6, 6.07) is 20.5. The smallest absolute Gasteiger partial charge is 0.158 e. The van der Waals surface area contributed by atoms with Gasteiger partial charge in [0, 0.05) is 12.5 Å². The Balaban J connectivity index is 1.57. The lowest BCUT2D eigenvalue weighted by atomic mass is 9.99. The molecule has 0 amide bonds. The molecule has 0 N–H and O–H groups in total. The Labute approximate surface area is 180 Å². The molecule has 1 aliphatic heterocycles. The highest BCUT2D eigenvalue weighted by Gasteiger charge is 2.27. The molecule has 1 unspecified atom stereocenters. The largest absolute Gasteiger partial charge is 0.376 e. The van der Waals surface area contributed by atoms with E-state index in [1.807, 2.05) is 42.5 Å². The normalized spacial score (nSPS) is 18.6. The molecule has 0 bridgehead atoms. The molecule has 1 saturated heterocycles. The van der Waals surface area contributed by atoms with E-state index in [1.54, 1.807) is 0 Å². The molecule has 4 nitrogen and oxygen atoms in total. The van der Waals surface area contributed by atoms with Gasteiger partial charge in [0.1, 0.15) is 0 Å². The van der Waals surface area contributed by atoms with Crippen molar-refractivity contribution in [1.29, 1.82) is 0 Å². The first-order valence-electron chi connectivity index (χ1n) is 11.0. The van der Waals surface area contributed by atoms with Gasteiger partial charge in [-0.05, 0) is 36.8 Å². The number of benzene rings is 2. The molecule has 0 spiro atoms. The van der Waals surface area contributed by atoms with Gasteiger partial charge in [0.2, 0.25) is 0 Å². The minimum Gasteiger partial charge on any atom is -0.376 e. The quantitative estimate of drug-likeness (QED) is 0.407. The molecule has 3 atom stereocenters. The van der Waals surface area contributed by atoms with Crippen LogP contribution in [0.4, 0.5) is 0 Å². The lowest BCUT2D eigenvalue weighted by Crippen LogP contribution is -2.37. The highest BCUT2D eigenvalue weighted by Crippen LogP contribution is 2.22. The van der Waals surface area contributed by atoms with E-state index < -0.39 is 0 Å². The molecule has 3 rings (SSSR count). The zero-order chi connectivity index (χ0) is 20.9. The highest BCUT2D eigenvalue weighted by atomic mass is 16.7. The fraction of sp³-hybridized carbons (Fsp3) is 0.462. The van der Waals surface area contributed by atoms with Crippen LogP contribution < -0.4 is 0 Å². The van der Waals surface area contributed by atoms with Gasteiger partial charge in [0.05, 0.1) is 32.5 Å². The Morgan fingerprint density at radius 3 is 2.10 bits per heavy atom. The Kier molecular flexibility index (Phi) is 10.1. The maximum Gasteiger partial charge on any atom is 0.158 e. The maximum atomic E-state index is 6.37. The number of ether oxygens (including phenoxy) is 4. The molecule has 0 saturated carbocycles. The van der Waals surface area contributed by atoms with E-state index in [0.717, 1.165) is 37.9 Å². The first kappa shape index (κ1) is 22.7. The van der Waals surface area contributed by atoms with E-state index >= 15 is 0 Å². The minimum absolute atomic E-state index is 0.106. The average molecular weight is 411 g/mol. The van der Waals surface area contributed by atoms with Gasteiger partial charge in [-0.2, -0.15) is 0 Å². The summed E-state index contributed by atoms with van der Waals surface area (Å²) in [5.74, 6) is 0.160. The van der Waals surface area contributed by atoms with Gasteiger partial charge in [0.25, 0.3) is 0 Å². The second-order valence-corrected chi connectivity index (χ2v) is 7.76. The minimum atomic E-state index is -0.162. The monoisotopic (exact) mass is 410 g/mol. The molecular formula is C26H34O4. The van der Waals surface area contributed by atoms with Gasteiger partial charge in [-0.15, -0.1) is 6.58 Å². The Bertz CT molecular complexity index is 697. The van der Waals surface area contributed by atoms with Gasteiger partial charge in [-0.25, -0.2) is 0 Å². The van der Waals surface area contributed by atoms with Crippen molar-refractivity contribution in [2.24, 2.45) is 5.92 Å². The van der Waals surface area contributed by atoms with Crippen LogP contribution in [0.3, 0.4) is 0 Å².